The number of halogens is 2. The molecule has 4 aromatic rings. The van der Waals surface area contributed by atoms with E-state index < -0.39 is 6.04 Å². The molecule has 0 aliphatic heterocycles. The molecule has 0 saturated carbocycles. The van der Waals surface area contributed by atoms with Crippen molar-refractivity contribution < 1.29 is 4.79 Å². The fourth-order valence-corrected chi connectivity index (χ4v) is 4.07. The van der Waals surface area contributed by atoms with Gasteiger partial charge in [-0.25, -0.2) is 4.98 Å². The number of amides is 1. The average Bonchev–Trinajstić information content (AvgIpc) is 3.42. The smallest absolute Gasteiger partial charge is 0.242 e. The Bertz CT molecular complexity index is 1310. The molecule has 1 atom stereocenters. The first-order valence-corrected chi connectivity index (χ1v) is 12.8. The van der Waals surface area contributed by atoms with Crippen LogP contribution in [0.25, 0.3) is 5.82 Å². The standard InChI is InChI=1S/C27H29Cl2N7O/c1-18(2)12-23(26(37)32-15-19-6-8-21(28)9-7-19)33-27-34-24(14-25(35-27)36-11-10-30-17-36)31-16-20-4-3-5-22(29)13-20/h3-11,13-14,17-18,23H,12,15-16H2,1-2H3,(H,32,37)(H2,31,33,34,35)/t23-/m1/s1. The SMILES string of the molecule is CC(C)C[C@@H](Nc1nc(NCc2cccc(Cl)c2)cc(-n2ccnc2)n1)C(=O)NCc1ccc(Cl)cc1. The monoisotopic (exact) mass is 537 g/mol. The lowest BCUT2D eigenvalue weighted by Gasteiger charge is -2.21. The highest BCUT2D eigenvalue weighted by Gasteiger charge is 2.21. The number of benzene rings is 2. The summed E-state index contributed by atoms with van der Waals surface area (Å²) in [6, 6.07) is 16.3. The topological polar surface area (TPSA) is 96.8 Å². The van der Waals surface area contributed by atoms with Gasteiger partial charge in [-0.15, -0.1) is 0 Å². The van der Waals surface area contributed by atoms with Crippen molar-refractivity contribution in [2.45, 2.75) is 39.4 Å². The van der Waals surface area contributed by atoms with Crippen LogP contribution in [0.1, 0.15) is 31.4 Å². The minimum absolute atomic E-state index is 0.131. The van der Waals surface area contributed by atoms with Gasteiger partial charge >= 0.3 is 0 Å². The molecule has 0 aliphatic rings. The van der Waals surface area contributed by atoms with Gasteiger partial charge in [-0.05, 0) is 47.7 Å². The largest absolute Gasteiger partial charge is 0.366 e. The van der Waals surface area contributed by atoms with Crippen molar-refractivity contribution in [1.29, 1.82) is 0 Å². The predicted octanol–water partition coefficient (Wildman–Crippen LogP) is 5.72. The average molecular weight is 538 g/mol. The van der Waals surface area contributed by atoms with Gasteiger partial charge in [0, 0.05) is 41.6 Å². The Morgan fingerprint density at radius 2 is 1.78 bits per heavy atom. The molecule has 2 aromatic carbocycles. The molecular weight excluding hydrogens is 509 g/mol. The Kier molecular flexibility index (Phi) is 8.98. The van der Waals surface area contributed by atoms with Crippen molar-refractivity contribution in [2.24, 2.45) is 5.92 Å². The Morgan fingerprint density at radius 1 is 0.973 bits per heavy atom. The van der Waals surface area contributed by atoms with Gasteiger partial charge in [0.15, 0.2) is 0 Å². The van der Waals surface area contributed by atoms with Crippen LogP contribution in [0.3, 0.4) is 0 Å². The summed E-state index contributed by atoms with van der Waals surface area (Å²) in [5, 5.41) is 10.9. The summed E-state index contributed by atoms with van der Waals surface area (Å²) in [4.78, 5) is 26.6. The summed E-state index contributed by atoms with van der Waals surface area (Å²) in [5.74, 6) is 1.70. The van der Waals surface area contributed by atoms with Crippen LogP contribution in [0.15, 0.2) is 73.3 Å². The van der Waals surface area contributed by atoms with Crippen molar-refractivity contribution in [3.05, 3.63) is 94.5 Å². The Morgan fingerprint density at radius 3 is 2.49 bits per heavy atom. The molecule has 3 N–H and O–H groups in total. The summed E-state index contributed by atoms with van der Waals surface area (Å²) in [5.41, 5.74) is 1.98. The highest BCUT2D eigenvalue weighted by molar-refractivity contribution is 6.30. The normalized spacial score (nSPS) is 11.8. The maximum Gasteiger partial charge on any atom is 0.242 e. The van der Waals surface area contributed by atoms with Crippen LogP contribution in [-0.2, 0) is 17.9 Å². The predicted molar refractivity (Wildman–Crippen MR) is 148 cm³/mol. The summed E-state index contributed by atoms with van der Waals surface area (Å²) in [7, 11) is 0. The van der Waals surface area contributed by atoms with E-state index in [1.807, 2.05) is 42.5 Å². The first-order chi connectivity index (χ1) is 17.9. The van der Waals surface area contributed by atoms with E-state index in [2.05, 4.69) is 44.7 Å². The maximum atomic E-state index is 13.2. The molecule has 0 saturated heterocycles. The zero-order valence-electron chi connectivity index (χ0n) is 20.7. The van der Waals surface area contributed by atoms with Gasteiger partial charge in [0.2, 0.25) is 11.9 Å². The molecule has 2 aromatic heterocycles. The molecule has 0 spiro atoms. The highest BCUT2D eigenvalue weighted by Crippen LogP contribution is 2.19. The van der Waals surface area contributed by atoms with E-state index in [1.165, 1.54) is 0 Å². The van der Waals surface area contributed by atoms with Crippen LogP contribution in [0.5, 0.6) is 0 Å². The fourth-order valence-electron chi connectivity index (χ4n) is 3.73. The van der Waals surface area contributed by atoms with Crippen molar-refractivity contribution >= 4 is 40.9 Å². The summed E-state index contributed by atoms with van der Waals surface area (Å²) in [6.45, 7) is 5.07. The number of carbonyl (C=O) groups is 1. The van der Waals surface area contributed by atoms with Crippen LogP contribution < -0.4 is 16.0 Å². The number of hydrogen-bond acceptors (Lipinski definition) is 6. The van der Waals surface area contributed by atoms with Crippen LogP contribution in [-0.4, -0.2) is 31.5 Å². The zero-order valence-corrected chi connectivity index (χ0v) is 22.2. The minimum Gasteiger partial charge on any atom is -0.366 e. The van der Waals surface area contributed by atoms with E-state index in [9.17, 15) is 4.79 Å². The molecule has 2 heterocycles. The third-order valence-corrected chi connectivity index (χ3v) is 6.04. The quantitative estimate of drug-likeness (QED) is 0.226. The molecule has 0 aliphatic carbocycles. The minimum atomic E-state index is -0.522. The number of nitrogens with zero attached hydrogens (tertiary/aromatic N) is 4. The third kappa shape index (κ3) is 7.93. The molecule has 10 heteroatoms. The zero-order chi connectivity index (χ0) is 26.2. The molecule has 8 nitrogen and oxygen atoms in total. The van der Waals surface area contributed by atoms with Crippen molar-refractivity contribution in [3.63, 3.8) is 0 Å². The Hall–Kier alpha value is -3.62. The summed E-state index contributed by atoms with van der Waals surface area (Å²) in [6.07, 6.45) is 5.75. The lowest BCUT2D eigenvalue weighted by atomic mass is 10.0. The molecule has 0 fully saturated rings. The van der Waals surface area contributed by atoms with Crippen molar-refractivity contribution in [3.8, 4) is 5.82 Å². The van der Waals surface area contributed by atoms with Gasteiger partial charge in [0.25, 0.3) is 0 Å². The second kappa shape index (κ2) is 12.6. The first kappa shape index (κ1) is 26.4. The number of anilines is 2. The van der Waals surface area contributed by atoms with E-state index in [0.717, 1.165) is 11.1 Å². The van der Waals surface area contributed by atoms with Crippen molar-refractivity contribution in [1.82, 2.24) is 24.8 Å². The Labute approximate surface area is 226 Å². The van der Waals surface area contributed by atoms with Gasteiger partial charge in [0.05, 0.1) is 0 Å². The Balaban J connectivity index is 1.53. The number of imidazole rings is 1. The molecule has 192 valence electrons. The maximum absolute atomic E-state index is 13.2. The van der Waals surface area contributed by atoms with E-state index >= 15 is 0 Å². The van der Waals surface area contributed by atoms with Gasteiger partial charge in [-0.1, -0.05) is 61.3 Å². The second-order valence-electron chi connectivity index (χ2n) is 9.06. The molecule has 0 radical (unpaired) electrons. The van der Waals surface area contributed by atoms with E-state index in [-0.39, 0.29) is 11.8 Å². The molecule has 4 rings (SSSR count). The van der Waals surface area contributed by atoms with Gasteiger partial charge in [-0.3, -0.25) is 9.36 Å². The van der Waals surface area contributed by atoms with Gasteiger partial charge in [0.1, 0.15) is 24.0 Å². The molecular formula is C27H29Cl2N7O. The fraction of sp³-hybridized carbons (Fsp3) is 0.259. The molecule has 0 bridgehead atoms. The molecule has 1 amide bonds. The second-order valence-corrected chi connectivity index (χ2v) is 9.93. The first-order valence-electron chi connectivity index (χ1n) is 12.0. The number of nitrogens with one attached hydrogen (secondary N) is 3. The molecule has 0 unspecified atom stereocenters. The lowest BCUT2D eigenvalue weighted by Crippen LogP contribution is -2.40. The van der Waals surface area contributed by atoms with Crippen LogP contribution in [0, 0.1) is 5.92 Å². The lowest BCUT2D eigenvalue weighted by molar-refractivity contribution is -0.122. The number of aromatic nitrogens is 4. The van der Waals surface area contributed by atoms with Crippen LogP contribution >= 0.6 is 23.2 Å². The highest BCUT2D eigenvalue weighted by atomic mass is 35.5. The summed E-state index contributed by atoms with van der Waals surface area (Å²) < 4.78 is 1.79. The molecule has 37 heavy (non-hydrogen) atoms. The van der Waals surface area contributed by atoms with Crippen LogP contribution in [0.2, 0.25) is 10.0 Å². The number of hydrogen-bond donors (Lipinski definition) is 3. The third-order valence-electron chi connectivity index (χ3n) is 5.55. The van der Waals surface area contributed by atoms with E-state index in [4.69, 9.17) is 23.2 Å². The number of carbonyl (C=O) groups excluding carboxylic acids is 1. The van der Waals surface area contributed by atoms with Gasteiger partial charge in [-0.2, -0.15) is 9.97 Å². The van der Waals surface area contributed by atoms with Gasteiger partial charge < -0.3 is 16.0 Å². The van der Waals surface area contributed by atoms with E-state index in [1.54, 1.807) is 35.4 Å². The number of rotatable bonds is 11. The van der Waals surface area contributed by atoms with Crippen LogP contribution in [0.4, 0.5) is 11.8 Å². The summed E-state index contributed by atoms with van der Waals surface area (Å²) >= 11 is 12.1. The van der Waals surface area contributed by atoms with E-state index in [0.29, 0.717) is 47.1 Å². The van der Waals surface area contributed by atoms with Crippen molar-refractivity contribution in [2.75, 3.05) is 10.6 Å².